The number of rotatable bonds is 9. The number of primary amides is 1. The molecule has 2 amide bonds. The minimum atomic E-state index is -0.509. The molecular formula is C22H24N4O4S. The van der Waals surface area contributed by atoms with Crippen LogP contribution < -0.4 is 15.8 Å². The quantitative estimate of drug-likeness (QED) is 0.523. The largest absolute Gasteiger partial charge is 0.484 e. The zero-order valence-corrected chi connectivity index (χ0v) is 18.1. The zero-order chi connectivity index (χ0) is 21.8. The van der Waals surface area contributed by atoms with Crippen molar-refractivity contribution < 1.29 is 18.8 Å². The number of carbonyl (C=O) groups is 2. The van der Waals surface area contributed by atoms with Crippen LogP contribution in [0.3, 0.4) is 0 Å². The molecule has 9 heteroatoms. The van der Waals surface area contributed by atoms with Crippen molar-refractivity contribution in [3.8, 4) is 17.1 Å². The zero-order valence-electron chi connectivity index (χ0n) is 17.3. The highest BCUT2D eigenvalue weighted by Crippen LogP contribution is 2.38. The van der Waals surface area contributed by atoms with E-state index in [0.29, 0.717) is 28.0 Å². The normalized spacial score (nSPS) is 12.5. The average Bonchev–Trinajstić information content (AvgIpc) is 3.47. The summed E-state index contributed by atoms with van der Waals surface area (Å²) in [4.78, 5) is 29.7. The third kappa shape index (κ3) is 4.77. The van der Waals surface area contributed by atoms with Gasteiger partial charge in [-0.2, -0.15) is 4.98 Å². The summed E-state index contributed by atoms with van der Waals surface area (Å²) in [5.41, 5.74) is 7.75. The molecule has 8 nitrogen and oxygen atoms in total. The van der Waals surface area contributed by atoms with Crippen molar-refractivity contribution in [2.24, 2.45) is 5.73 Å². The number of unbranched alkanes of at least 4 members (excludes halogenated alkanes) is 1. The maximum absolute atomic E-state index is 12.4. The number of ether oxygens (including phenoxy) is 1. The van der Waals surface area contributed by atoms with Crippen molar-refractivity contribution in [2.45, 2.75) is 45.4 Å². The molecule has 2 aromatic heterocycles. The fourth-order valence-corrected chi connectivity index (χ4v) is 4.88. The number of fused-ring (bicyclic) bond motifs is 1. The summed E-state index contributed by atoms with van der Waals surface area (Å²) in [5.74, 6) is 0.844. The lowest BCUT2D eigenvalue weighted by atomic mass is 10.1. The summed E-state index contributed by atoms with van der Waals surface area (Å²) in [6.45, 7) is 1.93. The topological polar surface area (TPSA) is 120 Å². The number of anilines is 1. The van der Waals surface area contributed by atoms with Gasteiger partial charge >= 0.3 is 0 Å². The Morgan fingerprint density at radius 2 is 2.06 bits per heavy atom. The molecule has 1 aliphatic carbocycles. The smallest absolute Gasteiger partial charge is 0.262 e. The Hall–Kier alpha value is -3.20. The van der Waals surface area contributed by atoms with Gasteiger partial charge in [-0.05, 0) is 55.5 Å². The van der Waals surface area contributed by atoms with E-state index >= 15 is 0 Å². The lowest BCUT2D eigenvalue weighted by Gasteiger charge is -2.08. The number of thiophene rings is 1. The summed E-state index contributed by atoms with van der Waals surface area (Å²) >= 11 is 1.42. The van der Waals surface area contributed by atoms with Crippen molar-refractivity contribution in [3.05, 3.63) is 46.2 Å². The highest BCUT2D eigenvalue weighted by Gasteiger charge is 2.26. The maximum atomic E-state index is 12.4. The number of carbonyl (C=O) groups excluding carboxylic acids is 2. The molecule has 0 aliphatic heterocycles. The predicted molar refractivity (Wildman–Crippen MR) is 117 cm³/mol. The Bertz CT molecular complexity index is 1090. The third-order valence-electron chi connectivity index (χ3n) is 5.12. The third-order valence-corrected chi connectivity index (χ3v) is 6.32. The number of hydrogen-bond acceptors (Lipinski definition) is 7. The molecule has 1 aliphatic rings. The molecule has 0 radical (unpaired) electrons. The number of aromatic nitrogens is 2. The first-order chi connectivity index (χ1) is 15.0. The van der Waals surface area contributed by atoms with Crippen LogP contribution in [0.1, 0.15) is 52.9 Å². The average molecular weight is 441 g/mol. The summed E-state index contributed by atoms with van der Waals surface area (Å²) < 4.78 is 10.8. The van der Waals surface area contributed by atoms with Gasteiger partial charge < -0.3 is 20.3 Å². The van der Waals surface area contributed by atoms with E-state index in [-0.39, 0.29) is 12.5 Å². The molecule has 162 valence electrons. The van der Waals surface area contributed by atoms with Crippen LogP contribution in [0, 0.1) is 0 Å². The molecule has 3 N–H and O–H groups in total. The van der Waals surface area contributed by atoms with Gasteiger partial charge in [-0.3, -0.25) is 9.59 Å². The van der Waals surface area contributed by atoms with Crippen LogP contribution in [0.15, 0.2) is 28.8 Å². The van der Waals surface area contributed by atoms with Crippen molar-refractivity contribution >= 4 is 28.2 Å². The standard InChI is InChI=1S/C22H24N4O4S/c1-2-3-7-18-25-21(26-30-18)13-8-10-14(11-9-13)29-12-17(27)24-22-19(20(23)28)15-5-4-6-16(15)31-22/h8-11H,2-7,12H2,1H3,(H2,23,28)(H,24,27). The highest BCUT2D eigenvalue weighted by atomic mass is 32.1. The van der Waals surface area contributed by atoms with Gasteiger partial charge in [-0.1, -0.05) is 18.5 Å². The summed E-state index contributed by atoms with van der Waals surface area (Å²) in [6.07, 6.45) is 5.59. The molecule has 1 aromatic carbocycles. The second kappa shape index (κ2) is 9.30. The van der Waals surface area contributed by atoms with Gasteiger partial charge in [0.2, 0.25) is 11.7 Å². The van der Waals surface area contributed by atoms with E-state index in [1.807, 2.05) is 12.1 Å². The van der Waals surface area contributed by atoms with Gasteiger partial charge in [0.1, 0.15) is 10.8 Å². The van der Waals surface area contributed by atoms with E-state index in [1.54, 1.807) is 12.1 Å². The van der Waals surface area contributed by atoms with Gasteiger partial charge in [0.25, 0.3) is 11.8 Å². The van der Waals surface area contributed by atoms with Gasteiger partial charge in [0.05, 0.1) is 5.56 Å². The van der Waals surface area contributed by atoms with Gasteiger partial charge in [0.15, 0.2) is 6.61 Å². The lowest BCUT2D eigenvalue weighted by Crippen LogP contribution is -2.22. The number of hydrogen-bond donors (Lipinski definition) is 2. The molecular weight excluding hydrogens is 416 g/mol. The summed E-state index contributed by atoms with van der Waals surface area (Å²) in [6, 6.07) is 7.13. The second-order valence-corrected chi connectivity index (χ2v) is 8.51. The molecule has 0 saturated heterocycles. The lowest BCUT2D eigenvalue weighted by molar-refractivity contribution is -0.118. The Kier molecular flexibility index (Phi) is 6.31. The highest BCUT2D eigenvalue weighted by molar-refractivity contribution is 7.17. The molecule has 0 unspecified atom stereocenters. The van der Waals surface area contributed by atoms with Gasteiger partial charge in [-0.15, -0.1) is 11.3 Å². The fourth-order valence-electron chi connectivity index (χ4n) is 3.57. The van der Waals surface area contributed by atoms with E-state index < -0.39 is 5.91 Å². The van der Waals surface area contributed by atoms with E-state index in [0.717, 1.165) is 54.5 Å². The van der Waals surface area contributed by atoms with Crippen LogP contribution in [-0.2, 0) is 24.1 Å². The molecule has 0 fully saturated rings. The van der Waals surface area contributed by atoms with Crippen molar-refractivity contribution in [1.29, 1.82) is 0 Å². The number of nitrogens with one attached hydrogen (secondary N) is 1. The molecule has 4 rings (SSSR count). The SMILES string of the molecule is CCCCc1nc(-c2ccc(OCC(=O)Nc3sc4c(c3C(N)=O)CCC4)cc2)no1. The molecule has 0 spiro atoms. The maximum Gasteiger partial charge on any atom is 0.262 e. The first-order valence-corrected chi connectivity index (χ1v) is 11.2. The van der Waals surface area contributed by atoms with Crippen LogP contribution in [0.5, 0.6) is 5.75 Å². The van der Waals surface area contributed by atoms with Gasteiger partial charge in [-0.25, -0.2) is 0 Å². The van der Waals surface area contributed by atoms with Crippen molar-refractivity contribution in [2.75, 3.05) is 11.9 Å². The molecule has 0 bridgehead atoms. The van der Waals surface area contributed by atoms with Crippen LogP contribution in [0.4, 0.5) is 5.00 Å². The van der Waals surface area contributed by atoms with Crippen LogP contribution in [0.25, 0.3) is 11.4 Å². The van der Waals surface area contributed by atoms with E-state index in [1.165, 1.54) is 11.3 Å². The van der Waals surface area contributed by atoms with Crippen LogP contribution in [-0.4, -0.2) is 28.6 Å². The first kappa shape index (κ1) is 21.0. The van der Waals surface area contributed by atoms with E-state index in [9.17, 15) is 9.59 Å². The number of amides is 2. The van der Waals surface area contributed by atoms with Crippen molar-refractivity contribution in [3.63, 3.8) is 0 Å². The van der Waals surface area contributed by atoms with Gasteiger partial charge in [0, 0.05) is 16.9 Å². The Morgan fingerprint density at radius 3 is 2.81 bits per heavy atom. The first-order valence-electron chi connectivity index (χ1n) is 10.3. The minimum Gasteiger partial charge on any atom is -0.484 e. The Labute approximate surface area is 183 Å². The Balaban J connectivity index is 1.34. The number of aryl methyl sites for hydroxylation is 2. The minimum absolute atomic E-state index is 0.177. The molecule has 0 atom stereocenters. The van der Waals surface area contributed by atoms with E-state index in [4.69, 9.17) is 15.0 Å². The monoisotopic (exact) mass is 440 g/mol. The fraction of sp³-hybridized carbons (Fsp3) is 0.364. The number of nitrogens with zero attached hydrogens (tertiary/aromatic N) is 2. The van der Waals surface area contributed by atoms with E-state index in [2.05, 4.69) is 22.4 Å². The molecule has 3 aromatic rings. The molecule has 31 heavy (non-hydrogen) atoms. The number of benzene rings is 1. The second-order valence-electron chi connectivity index (χ2n) is 7.40. The molecule has 0 saturated carbocycles. The number of nitrogens with two attached hydrogens (primary N) is 1. The molecule has 2 heterocycles. The summed E-state index contributed by atoms with van der Waals surface area (Å²) in [7, 11) is 0. The van der Waals surface area contributed by atoms with Crippen molar-refractivity contribution in [1.82, 2.24) is 10.1 Å². The summed E-state index contributed by atoms with van der Waals surface area (Å²) in [5, 5.41) is 7.29. The Morgan fingerprint density at radius 1 is 1.26 bits per heavy atom. The van der Waals surface area contributed by atoms with Crippen LogP contribution in [0.2, 0.25) is 0 Å². The van der Waals surface area contributed by atoms with Crippen LogP contribution >= 0.6 is 11.3 Å². The predicted octanol–water partition coefficient (Wildman–Crippen LogP) is 3.75.